The maximum Gasteiger partial charge on any atom is 0.226 e. The average Bonchev–Trinajstić information content (AvgIpc) is 2.39. The Balaban J connectivity index is 1.98. The first-order valence-electron chi connectivity index (χ1n) is 7.21. The number of amides is 1. The van der Waals surface area contributed by atoms with Crippen molar-refractivity contribution in [2.45, 2.75) is 45.6 Å². The number of allylic oxidation sites excluding steroid dienone is 2. The number of rotatable bonds is 3. The van der Waals surface area contributed by atoms with Gasteiger partial charge in [-0.25, -0.2) is 0 Å². The van der Waals surface area contributed by atoms with E-state index in [4.69, 9.17) is 4.74 Å². The van der Waals surface area contributed by atoms with E-state index in [0.29, 0.717) is 25.0 Å². The molecule has 0 radical (unpaired) electrons. The molecule has 2 atom stereocenters. The van der Waals surface area contributed by atoms with Crippen molar-refractivity contribution in [1.29, 1.82) is 0 Å². The van der Waals surface area contributed by atoms with Gasteiger partial charge < -0.3 is 9.64 Å². The summed E-state index contributed by atoms with van der Waals surface area (Å²) in [5, 5.41) is 0. The molecule has 18 heavy (non-hydrogen) atoms. The second-order valence-electron chi connectivity index (χ2n) is 5.87. The summed E-state index contributed by atoms with van der Waals surface area (Å²) in [5.41, 5.74) is 0. The predicted octanol–water partition coefficient (Wildman–Crippen LogP) is 2.62. The molecule has 1 amide bonds. The van der Waals surface area contributed by atoms with Gasteiger partial charge in [-0.3, -0.25) is 4.79 Å². The lowest BCUT2D eigenvalue weighted by Gasteiger charge is -2.38. The predicted molar refractivity (Wildman–Crippen MR) is 72.3 cm³/mol. The number of morpholine rings is 1. The molecule has 1 aliphatic heterocycles. The zero-order valence-electron chi connectivity index (χ0n) is 11.6. The normalized spacial score (nSPS) is 28.7. The van der Waals surface area contributed by atoms with Crippen molar-refractivity contribution in [2.24, 2.45) is 11.8 Å². The van der Waals surface area contributed by atoms with Crippen LogP contribution in [0, 0.1) is 11.8 Å². The SMILES string of the molecule is CC(C)C[C@H]1COCCN1C(=O)[C@@H]1CC=CCC1. The van der Waals surface area contributed by atoms with Gasteiger partial charge in [-0.1, -0.05) is 26.0 Å². The van der Waals surface area contributed by atoms with Gasteiger partial charge in [0, 0.05) is 12.5 Å². The lowest BCUT2D eigenvalue weighted by atomic mass is 9.91. The van der Waals surface area contributed by atoms with Crippen LogP contribution in [0.2, 0.25) is 0 Å². The maximum absolute atomic E-state index is 12.6. The van der Waals surface area contributed by atoms with Gasteiger partial charge in [0.15, 0.2) is 0 Å². The van der Waals surface area contributed by atoms with E-state index in [1.807, 2.05) is 0 Å². The molecular weight excluding hydrogens is 226 g/mol. The summed E-state index contributed by atoms with van der Waals surface area (Å²) in [6, 6.07) is 0.289. The van der Waals surface area contributed by atoms with Gasteiger partial charge in [0.2, 0.25) is 5.91 Å². The number of nitrogens with zero attached hydrogens (tertiary/aromatic N) is 1. The largest absolute Gasteiger partial charge is 0.377 e. The van der Waals surface area contributed by atoms with E-state index in [9.17, 15) is 4.79 Å². The quantitative estimate of drug-likeness (QED) is 0.722. The Morgan fingerprint density at radius 2 is 2.28 bits per heavy atom. The van der Waals surface area contributed by atoms with E-state index in [2.05, 4.69) is 30.9 Å². The number of hydrogen-bond acceptors (Lipinski definition) is 2. The molecule has 2 rings (SSSR count). The summed E-state index contributed by atoms with van der Waals surface area (Å²) in [4.78, 5) is 14.7. The molecular formula is C15H25NO2. The van der Waals surface area contributed by atoms with Crippen LogP contribution in [0.5, 0.6) is 0 Å². The third-order valence-electron chi connectivity index (χ3n) is 3.87. The van der Waals surface area contributed by atoms with Crippen LogP contribution >= 0.6 is 0 Å². The molecule has 3 heteroatoms. The van der Waals surface area contributed by atoms with E-state index < -0.39 is 0 Å². The molecule has 0 aromatic rings. The second-order valence-corrected chi connectivity index (χ2v) is 5.87. The smallest absolute Gasteiger partial charge is 0.226 e. The van der Waals surface area contributed by atoms with Crippen LogP contribution in [-0.4, -0.2) is 36.6 Å². The number of carbonyl (C=O) groups is 1. The summed E-state index contributed by atoms with van der Waals surface area (Å²) in [7, 11) is 0. The molecule has 102 valence electrons. The van der Waals surface area contributed by atoms with Gasteiger partial charge in [0.25, 0.3) is 0 Å². The van der Waals surface area contributed by atoms with Crippen molar-refractivity contribution >= 4 is 5.91 Å². The number of carbonyl (C=O) groups excluding carboxylic acids is 1. The van der Waals surface area contributed by atoms with Crippen LogP contribution in [-0.2, 0) is 9.53 Å². The average molecular weight is 251 g/mol. The van der Waals surface area contributed by atoms with E-state index in [0.717, 1.165) is 32.2 Å². The monoisotopic (exact) mass is 251 g/mol. The Hall–Kier alpha value is -0.830. The van der Waals surface area contributed by atoms with Crippen molar-refractivity contribution in [3.05, 3.63) is 12.2 Å². The summed E-state index contributed by atoms with van der Waals surface area (Å²) < 4.78 is 5.54. The number of hydrogen-bond donors (Lipinski definition) is 0. The topological polar surface area (TPSA) is 29.5 Å². The highest BCUT2D eigenvalue weighted by atomic mass is 16.5. The fourth-order valence-corrected chi connectivity index (χ4v) is 2.94. The van der Waals surface area contributed by atoms with Gasteiger partial charge in [0.05, 0.1) is 19.3 Å². The van der Waals surface area contributed by atoms with E-state index >= 15 is 0 Å². The highest BCUT2D eigenvalue weighted by Crippen LogP contribution is 2.24. The highest BCUT2D eigenvalue weighted by molar-refractivity contribution is 5.79. The third-order valence-corrected chi connectivity index (χ3v) is 3.87. The second kappa shape index (κ2) is 6.37. The minimum atomic E-state index is 0.211. The standard InChI is InChI=1S/C15H25NO2/c1-12(2)10-14-11-18-9-8-16(14)15(17)13-6-4-3-5-7-13/h3-4,12-14H,5-11H2,1-2H3/t13-,14+/m1/s1. The minimum absolute atomic E-state index is 0.211. The molecule has 0 N–H and O–H groups in total. The lowest BCUT2D eigenvalue weighted by Crippen LogP contribution is -2.51. The Morgan fingerprint density at radius 1 is 1.44 bits per heavy atom. The minimum Gasteiger partial charge on any atom is -0.377 e. The van der Waals surface area contributed by atoms with Crippen LogP contribution in [0.25, 0.3) is 0 Å². The molecule has 1 fully saturated rings. The Bertz CT molecular complexity index is 312. The summed E-state index contributed by atoms with van der Waals surface area (Å²) >= 11 is 0. The molecule has 0 saturated carbocycles. The van der Waals surface area contributed by atoms with Gasteiger partial charge in [-0.15, -0.1) is 0 Å². The first-order valence-corrected chi connectivity index (χ1v) is 7.21. The van der Waals surface area contributed by atoms with Gasteiger partial charge in [0.1, 0.15) is 0 Å². The molecule has 1 saturated heterocycles. The van der Waals surface area contributed by atoms with Crippen molar-refractivity contribution in [1.82, 2.24) is 4.90 Å². The van der Waals surface area contributed by atoms with Crippen LogP contribution in [0.15, 0.2) is 12.2 Å². The molecule has 0 aromatic heterocycles. The van der Waals surface area contributed by atoms with Gasteiger partial charge in [-0.2, -0.15) is 0 Å². The van der Waals surface area contributed by atoms with Crippen molar-refractivity contribution < 1.29 is 9.53 Å². The van der Waals surface area contributed by atoms with E-state index in [1.54, 1.807) is 0 Å². The van der Waals surface area contributed by atoms with Crippen LogP contribution in [0.4, 0.5) is 0 Å². The lowest BCUT2D eigenvalue weighted by molar-refractivity contribution is -0.145. The van der Waals surface area contributed by atoms with E-state index in [1.165, 1.54) is 0 Å². The number of ether oxygens (including phenoxy) is 1. The molecule has 0 spiro atoms. The molecule has 1 heterocycles. The zero-order valence-corrected chi connectivity index (χ0v) is 11.6. The maximum atomic E-state index is 12.6. The van der Waals surface area contributed by atoms with Crippen molar-refractivity contribution in [3.8, 4) is 0 Å². The summed E-state index contributed by atoms with van der Waals surface area (Å²) in [6.45, 7) is 6.60. The Morgan fingerprint density at radius 3 is 2.94 bits per heavy atom. The van der Waals surface area contributed by atoms with Gasteiger partial charge >= 0.3 is 0 Å². The summed E-state index contributed by atoms with van der Waals surface area (Å²) in [6.07, 6.45) is 8.38. The first kappa shape index (κ1) is 13.6. The molecule has 0 aromatic carbocycles. The van der Waals surface area contributed by atoms with Crippen LogP contribution in [0.3, 0.4) is 0 Å². The molecule has 3 nitrogen and oxygen atoms in total. The van der Waals surface area contributed by atoms with E-state index in [-0.39, 0.29) is 12.0 Å². The highest BCUT2D eigenvalue weighted by Gasteiger charge is 2.31. The van der Waals surface area contributed by atoms with Gasteiger partial charge in [-0.05, 0) is 31.6 Å². The third kappa shape index (κ3) is 3.35. The van der Waals surface area contributed by atoms with Crippen molar-refractivity contribution in [3.63, 3.8) is 0 Å². The zero-order chi connectivity index (χ0) is 13.0. The first-order chi connectivity index (χ1) is 8.68. The molecule has 0 bridgehead atoms. The van der Waals surface area contributed by atoms with Crippen LogP contribution in [0.1, 0.15) is 39.5 Å². The Labute approximate surface area is 110 Å². The van der Waals surface area contributed by atoms with Crippen molar-refractivity contribution in [2.75, 3.05) is 19.8 Å². The van der Waals surface area contributed by atoms with Crippen LogP contribution < -0.4 is 0 Å². The fourth-order valence-electron chi connectivity index (χ4n) is 2.94. The fraction of sp³-hybridized carbons (Fsp3) is 0.800. The molecule has 2 aliphatic rings. The Kier molecular flexibility index (Phi) is 4.81. The molecule has 1 aliphatic carbocycles. The summed E-state index contributed by atoms with van der Waals surface area (Å²) in [5.74, 6) is 1.18. The molecule has 0 unspecified atom stereocenters.